The van der Waals surface area contributed by atoms with Gasteiger partial charge in [-0.05, 0) is 6.42 Å². The van der Waals surface area contributed by atoms with Crippen molar-refractivity contribution < 1.29 is 23.1 Å². The summed E-state index contributed by atoms with van der Waals surface area (Å²) in [5, 5.41) is 21.5. The molecular weight excluding hydrogens is 251 g/mol. The number of amides is 1. The number of alkyl halides is 3. The van der Waals surface area contributed by atoms with Gasteiger partial charge in [-0.15, -0.1) is 0 Å². The number of nitrogens with zero attached hydrogens (tertiary/aromatic N) is 3. The summed E-state index contributed by atoms with van der Waals surface area (Å²) in [5.41, 5.74) is -3.23. The van der Waals surface area contributed by atoms with Crippen LogP contribution in [0.1, 0.15) is 32.6 Å². The monoisotopic (exact) mass is 263 g/mol. The van der Waals surface area contributed by atoms with Crippen LogP contribution in [0.5, 0.6) is 0 Å². The first-order chi connectivity index (χ1) is 8.26. The van der Waals surface area contributed by atoms with Crippen LogP contribution in [0, 0.1) is 11.3 Å². The van der Waals surface area contributed by atoms with Crippen LogP contribution in [-0.2, 0) is 4.79 Å². The SMILES string of the molecule is CCCC1=NN(C(=O)CC#N)[C@](O)(C(F)(F)F)C1. The van der Waals surface area contributed by atoms with Crippen molar-refractivity contribution in [1.29, 1.82) is 5.26 Å². The van der Waals surface area contributed by atoms with E-state index < -0.39 is 30.7 Å². The van der Waals surface area contributed by atoms with Gasteiger partial charge in [-0.25, -0.2) is 0 Å². The second-order valence-corrected chi connectivity index (χ2v) is 3.95. The molecule has 0 aromatic rings. The van der Waals surface area contributed by atoms with Gasteiger partial charge in [0, 0.05) is 12.1 Å². The van der Waals surface area contributed by atoms with Crippen LogP contribution in [0.2, 0.25) is 0 Å². The van der Waals surface area contributed by atoms with Gasteiger partial charge in [0.2, 0.25) is 0 Å². The average Bonchev–Trinajstić information content (AvgIpc) is 2.57. The van der Waals surface area contributed by atoms with Crippen molar-refractivity contribution in [1.82, 2.24) is 5.01 Å². The summed E-state index contributed by atoms with van der Waals surface area (Å²) < 4.78 is 38.4. The van der Waals surface area contributed by atoms with Gasteiger partial charge in [0.25, 0.3) is 11.6 Å². The molecule has 0 aromatic carbocycles. The van der Waals surface area contributed by atoms with E-state index in [0.29, 0.717) is 6.42 Å². The molecule has 5 nitrogen and oxygen atoms in total. The van der Waals surface area contributed by atoms with Gasteiger partial charge in [-0.1, -0.05) is 13.3 Å². The summed E-state index contributed by atoms with van der Waals surface area (Å²) >= 11 is 0. The lowest BCUT2D eigenvalue weighted by atomic mass is 10.0. The molecule has 8 heteroatoms. The first-order valence-electron chi connectivity index (χ1n) is 5.31. The van der Waals surface area contributed by atoms with Crippen molar-refractivity contribution in [2.24, 2.45) is 5.10 Å². The predicted octanol–water partition coefficient (Wildman–Crippen LogP) is 1.54. The molecule has 1 N–H and O–H groups in total. The van der Waals surface area contributed by atoms with E-state index in [0.717, 1.165) is 0 Å². The minimum atomic E-state index is -5.02. The number of aliphatic hydroxyl groups is 1. The van der Waals surface area contributed by atoms with Crippen molar-refractivity contribution in [3.63, 3.8) is 0 Å². The van der Waals surface area contributed by atoms with E-state index in [1.54, 1.807) is 6.92 Å². The Morgan fingerprint density at radius 1 is 1.67 bits per heavy atom. The van der Waals surface area contributed by atoms with Crippen LogP contribution in [-0.4, -0.2) is 33.6 Å². The quantitative estimate of drug-likeness (QED) is 0.839. The van der Waals surface area contributed by atoms with Crippen LogP contribution in [0.4, 0.5) is 13.2 Å². The van der Waals surface area contributed by atoms with E-state index in [1.807, 2.05) is 0 Å². The van der Waals surface area contributed by atoms with Crippen molar-refractivity contribution in [2.75, 3.05) is 0 Å². The lowest BCUT2D eigenvalue weighted by Gasteiger charge is -2.32. The highest BCUT2D eigenvalue weighted by molar-refractivity contribution is 5.91. The van der Waals surface area contributed by atoms with E-state index in [2.05, 4.69) is 5.10 Å². The zero-order chi connectivity index (χ0) is 14.0. The fourth-order valence-electron chi connectivity index (χ4n) is 1.67. The number of hydrogen-bond donors (Lipinski definition) is 1. The Bertz CT molecular complexity index is 414. The molecule has 1 rings (SSSR count). The van der Waals surface area contributed by atoms with Gasteiger partial charge in [0.05, 0.1) is 6.07 Å². The minimum Gasteiger partial charge on any atom is -0.362 e. The molecule has 0 saturated carbocycles. The highest BCUT2D eigenvalue weighted by atomic mass is 19.4. The van der Waals surface area contributed by atoms with Gasteiger partial charge in [-0.3, -0.25) is 4.79 Å². The molecule has 1 aliphatic rings. The highest BCUT2D eigenvalue weighted by Gasteiger charge is 2.62. The van der Waals surface area contributed by atoms with Gasteiger partial charge >= 0.3 is 6.18 Å². The average molecular weight is 263 g/mol. The minimum absolute atomic E-state index is 0.0127. The number of carbonyl (C=O) groups excluding carboxylic acids is 1. The molecule has 0 aromatic heterocycles. The summed E-state index contributed by atoms with van der Waals surface area (Å²) in [6.45, 7) is 1.74. The zero-order valence-electron chi connectivity index (χ0n) is 9.66. The summed E-state index contributed by atoms with van der Waals surface area (Å²) in [5.74, 6) is -1.16. The predicted molar refractivity (Wildman–Crippen MR) is 55.0 cm³/mol. The van der Waals surface area contributed by atoms with Crippen LogP contribution in [0.3, 0.4) is 0 Å². The topological polar surface area (TPSA) is 76.7 Å². The molecule has 0 spiro atoms. The second-order valence-electron chi connectivity index (χ2n) is 3.95. The van der Waals surface area contributed by atoms with Crippen molar-refractivity contribution in [2.45, 2.75) is 44.5 Å². The lowest BCUT2D eigenvalue weighted by molar-refractivity contribution is -0.302. The molecule has 100 valence electrons. The molecule has 18 heavy (non-hydrogen) atoms. The normalized spacial score (nSPS) is 23.8. The number of halogens is 3. The largest absolute Gasteiger partial charge is 0.438 e. The summed E-state index contributed by atoms with van der Waals surface area (Å²) in [6, 6.07) is 1.44. The van der Waals surface area contributed by atoms with Crippen molar-refractivity contribution in [3.05, 3.63) is 0 Å². The summed E-state index contributed by atoms with van der Waals surface area (Å²) in [6.07, 6.45) is -5.73. The first-order valence-corrected chi connectivity index (χ1v) is 5.31. The van der Waals surface area contributed by atoms with Gasteiger partial charge in [0.1, 0.15) is 6.42 Å². The summed E-state index contributed by atoms with van der Waals surface area (Å²) in [7, 11) is 0. The summed E-state index contributed by atoms with van der Waals surface area (Å²) in [4.78, 5) is 11.4. The number of hydrogen-bond acceptors (Lipinski definition) is 4. The molecule has 1 aliphatic heterocycles. The Hall–Kier alpha value is -1.62. The Balaban J connectivity index is 3.06. The molecule has 1 amide bonds. The number of carbonyl (C=O) groups is 1. The Labute approximate surface area is 101 Å². The van der Waals surface area contributed by atoms with Gasteiger partial charge < -0.3 is 5.11 Å². The second kappa shape index (κ2) is 4.94. The highest BCUT2D eigenvalue weighted by Crippen LogP contribution is 2.41. The van der Waals surface area contributed by atoms with Crippen LogP contribution in [0.15, 0.2) is 5.10 Å². The molecule has 0 unspecified atom stereocenters. The van der Waals surface area contributed by atoms with Crippen LogP contribution in [0.25, 0.3) is 0 Å². The number of hydrazone groups is 1. The van der Waals surface area contributed by atoms with Crippen molar-refractivity contribution in [3.8, 4) is 6.07 Å². The molecule has 0 bridgehead atoms. The van der Waals surface area contributed by atoms with E-state index in [1.165, 1.54) is 6.07 Å². The number of nitriles is 1. The van der Waals surface area contributed by atoms with Gasteiger partial charge in [0.15, 0.2) is 0 Å². The maximum absolute atomic E-state index is 12.8. The Morgan fingerprint density at radius 2 is 2.28 bits per heavy atom. The molecule has 0 fully saturated rings. The molecule has 1 atom stereocenters. The first kappa shape index (κ1) is 14.4. The third-order valence-corrected chi connectivity index (χ3v) is 2.50. The fourth-order valence-corrected chi connectivity index (χ4v) is 1.67. The van der Waals surface area contributed by atoms with Gasteiger partial charge in [-0.2, -0.15) is 28.5 Å². The van der Waals surface area contributed by atoms with E-state index in [9.17, 15) is 23.1 Å². The third kappa shape index (κ3) is 2.46. The standard InChI is InChI=1S/C10H12F3N3O2/c1-2-3-7-6-9(18,10(11,12)13)16(15-7)8(17)4-5-14/h18H,2-4,6H2,1H3/t9-/m1/s1. The van der Waals surface area contributed by atoms with Crippen LogP contribution >= 0.6 is 0 Å². The fraction of sp³-hybridized carbons (Fsp3) is 0.700. The smallest absolute Gasteiger partial charge is 0.362 e. The number of rotatable bonds is 3. The Morgan fingerprint density at radius 3 is 2.72 bits per heavy atom. The lowest BCUT2D eigenvalue weighted by Crippen LogP contribution is -2.56. The van der Waals surface area contributed by atoms with E-state index in [4.69, 9.17) is 5.26 Å². The molecule has 1 heterocycles. The molecule has 0 saturated heterocycles. The van der Waals surface area contributed by atoms with E-state index in [-0.39, 0.29) is 17.1 Å². The van der Waals surface area contributed by atoms with Crippen molar-refractivity contribution >= 4 is 11.6 Å². The maximum Gasteiger partial charge on any atom is 0.438 e. The van der Waals surface area contributed by atoms with Crippen LogP contribution < -0.4 is 0 Å². The van der Waals surface area contributed by atoms with E-state index >= 15 is 0 Å². The zero-order valence-corrected chi connectivity index (χ0v) is 9.66. The molecule has 0 aliphatic carbocycles. The third-order valence-electron chi connectivity index (χ3n) is 2.50. The Kier molecular flexibility index (Phi) is 3.96. The molecular formula is C10H12F3N3O2. The maximum atomic E-state index is 12.8. The molecule has 0 radical (unpaired) electrons.